The number of hydrogen-bond donors (Lipinski definition) is 4. The number of aliphatic hydroxyl groups is 2. The SMILES string of the molecule is [2H]c1c(F)c([2H])c([C@@H](CO)NC(=O)[C@@H](C)N2Cc3ccc(-c4nc(N[C@@H](C)CO)ncc4Cl)cc3C2=O)c([2H])c1OC. The standard InChI is InChI=1S/C27H29ClFN5O5/c1-14(12-35)31-27-30-10-22(28)24(33-27)16-4-5-17-11-34(26(38)21(17)8-16)15(2)25(37)32-23(13-36)18-6-19(29)9-20(7-18)39-3/h4-10,14-15,23,35-36H,11-13H2,1-3H3,(H,32,37)(H,30,31,33)/t14-,15+,23+/m0/s1/i6D,7D,9D. The van der Waals surface area contributed by atoms with E-state index >= 15 is 0 Å². The summed E-state index contributed by atoms with van der Waals surface area (Å²) in [6.07, 6.45) is 1.41. The first-order chi connectivity index (χ1) is 19.9. The van der Waals surface area contributed by atoms with Gasteiger partial charge in [0.25, 0.3) is 5.91 Å². The number of nitrogens with one attached hydrogen (secondary N) is 2. The Labute approximate surface area is 234 Å². The van der Waals surface area contributed by atoms with Gasteiger partial charge in [-0.15, -0.1) is 0 Å². The first kappa shape index (κ1) is 24.3. The summed E-state index contributed by atoms with van der Waals surface area (Å²) in [4.78, 5) is 36.5. The normalized spacial score (nSPS) is 16.0. The summed E-state index contributed by atoms with van der Waals surface area (Å²) in [5.74, 6) is -2.60. The molecule has 0 aliphatic carbocycles. The number of carbonyl (C=O) groups excluding carboxylic acids is 2. The molecule has 12 heteroatoms. The van der Waals surface area contributed by atoms with Crippen LogP contribution >= 0.6 is 11.6 Å². The Hall–Kier alpha value is -3.80. The average molecular weight is 561 g/mol. The van der Waals surface area contributed by atoms with Crippen molar-refractivity contribution in [2.24, 2.45) is 0 Å². The van der Waals surface area contributed by atoms with E-state index in [1.807, 2.05) is 0 Å². The maximum absolute atomic E-state index is 14.5. The summed E-state index contributed by atoms with van der Waals surface area (Å²) < 4.78 is 43.5. The molecule has 0 spiro atoms. The molecule has 1 aliphatic heterocycles. The van der Waals surface area contributed by atoms with E-state index in [0.717, 1.165) is 7.11 Å². The number of fused-ring (bicyclic) bond motifs is 1. The lowest BCUT2D eigenvalue weighted by Crippen LogP contribution is -2.46. The van der Waals surface area contributed by atoms with Crippen LogP contribution in [0.4, 0.5) is 10.3 Å². The van der Waals surface area contributed by atoms with Gasteiger partial charge in [-0.2, -0.15) is 0 Å². The number of halogens is 2. The van der Waals surface area contributed by atoms with Gasteiger partial charge in [0.15, 0.2) is 0 Å². The van der Waals surface area contributed by atoms with Crippen molar-refractivity contribution in [2.75, 3.05) is 25.6 Å². The molecule has 3 atom stereocenters. The fraction of sp³-hybridized carbons (Fsp3) is 0.333. The van der Waals surface area contributed by atoms with Crippen LogP contribution in [0.2, 0.25) is 5.02 Å². The van der Waals surface area contributed by atoms with Crippen molar-refractivity contribution in [3.8, 4) is 17.0 Å². The molecule has 1 aromatic heterocycles. The largest absolute Gasteiger partial charge is 0.497 e. The number of hydrogen-bond acceptors (Lipinski definition) is 8. The topological polar surface area (TPSA) is 137 Å². The number of aromatic nitrogens is 2. The predicted molar refractivity (Wildman–Crippen MR) is 143 cm³/mol. The highest BCUT2D eigenvalue weighted by atomic mass is 35.5. The van der Waals surface area contributed by atoms with Crippen LogP contribution in [-0.2, 0) is 11.3 Å². The van der Waals surface area contributed by atoms with Crippen molar-refractivity contribution in [2.45, 2.75) is 38.5 Å². The number of ether oxygens (including phenoxy) is 1. The molecule has 0 fully saturated rings. The van der Waals surface area contributed by atoms with Crippen LogP contribution in [-0.4, -0.2) is 69.3 Å². The molecular weight excluding hydrogens is 529 g/mol. The Balaban J connectivity index is 1.56. The van der Waals surface area contributed by atoms with Crippen LogP contribution in [0.15, 0.2) is 42.5 Å². The van der Waals surface area contributed by atoms with Gasteiger partial charge in [-0.1, -0.05) is 23.7 Å². The molecule has 0 saturated heterocycles. The number of amides is 2. The number of nitrogens with zero attached hydrogens (tertiary/aromatic N) is 3. The van der Waals surface area contributed by atoms with Crippen LogP contribution in [0.3, 0.4) is 0 Å². The Morgan fingerprint density at radius 2 is 2.05 bits per heavy atom. The average Bonchev–Trinajstić information content (AvgIpc) is 3.31. The minimum absolute atomic E-state index is 0.106. The predicted octanol–water partition coefficient (Wildman–Crippen LogP) is 2.93. The van der Waals surface area contributed by atoms with Crippen LogP contribution in [0.1, 0.15) is 45.5 Å². The highest BCUT2D eigenvalue weighted by Crippen LogP contribution is 2.32. The van der Waals surface area contributed by atoms with Crippen LogP contribution in [0, 0.1) is 5.82 Å². The van der Waals surface area contributed by atoms with E-state index in [2.05, 4.69) is 20.6 Å². The van der Waals surface area contributed by atoms with Crippen molar-refractivity contribution in [1.82, 2.24) is 20.2 Å². The lowest BCUT2D eigenvalue weighted by Gasteiger charge is -2.26. The van der Waals surface area contributed by atoms with Crippen LogP contribution in [0.25, 0.3) is 11.3 Å². The molecule has 39 heavy (non-hydrogen) atoms. The molecule has 3 aromatic rings. The molecule has 4 rings (SSSR count). The molecule has 10 nitrogen and oxygen atoms in total. The fourth-order valence-electron chi connectivity index (χ4n) is 4.04. The maximum atomic E-state index is 14.5. The summed E-state index contributed by atoms with van der Waals surface area (Å²) in [7, 11) is 1.14. The van der Waals surface area contributed by atoms with Gasteiger partial charge < -0.3 is 30.5 Å². The summed E-state index contributed by atoms with van der Waals surface area (Å²) >= 11 is 6.34. The molecule has 0 bridgehead atoms. The van der Waals surface area contributed by atoms with E-state index in [-0.39, 0.29) is 35.7 Å². The first-order valence-corrected chi connectivity index (χ1v) is 12.4. The zero-order valence-electron chi connectivity index (χ0n) is 24.4. The molecule has 1 aliphatic rings. The third-order valence-electron chi connectivity index (χ3n) is 6.22. The van der Waals surface area contributed by atoms with Crippen LogP contribution in [0.5, 0.6) is 5.75 Å². The van der Waals surface area contributed by atoms with E-state index in [4.69, 9.17) is 20.5 Å². The smallest absolute Gasteiger partial charge is 0.255 e. The van der Waals surface area contributed by atoms with E-state index in [9.17, 15) is 24.2 Å². The Morgan fingerprint density at radius 3 is 2.74 bits per heavy atom. The van der Waals surface area contributed by atoms with Gasteiger partial charge in [0.2, 0.25) is 11.9 Å². The van der Waals surface area contributed by atoms with Crippen molar-refractivity contribution in [3.63, 3.8) is 0 Å². The van der Waals surface area contributed by atoms with Gasteiger partial charge in [-0.3, -0.25) is 9.59 Å². The molecule has 2 amide bonds. The third kappa shape index (κ3) is 6.11. The number of carbonyl (C=O) groups is 2. The van der Waals surface area contributed by atoms with Gasteiger partial charge >= 0.3 is 0 Å². The van der Waals surface area contributed by atoms with Crippen molar-refractivity contribution in [1.29, 1.82) is 0 Å². The number of methoxy groups -OCH3 is 1. The fourth-order valence-corrected chi connectivity index (χ4v) is 4.24. The molecule has 2 heterocycles. The Bertz CT molecular complexity index is 1550. The second-order valence-electron chi connectivity index (χ2n) is 8.98. The van der Waals surface area contributed by atoms with Gasteiger partial charge in [-0.05, 0) is 43.1 Å². The van der Waals surface area contributed by atoms with E-state index in [1.165, 1.54) is 18.0 Å². The monoisotopic (exact) mass is 560 g/mol. The molecular formula is C27H29ClFN5O5. The molecule has 0 radical (unpaired) electrons. The van der Waals surface area contributed by atoms with Crippen molar-refractivity contribution in [3.05, 3.63) is 70.1 Å². The quantitative estimate of drug-likeness (QED) is 0.297. The highest BCUT2D eigenvalue weighted by molar-refractivity contribution is 6.33. The summed E-state index contributed by atoms with van der Waals surface area (Å²) in [6.45, 7) is 2.43. The van der Waals surface area contributed by atoms with Crippen molar-refractivity contribution < 1.29 is 33.0 Å². The summed E-state index contributed by atoms with van der Waals surface area (Å²) in [6, 6.07) is 0.253. The minimum atomic E-state index is -1.37. The lowest BCUT2D eigenvalue weighted by atomic mass is 10.0. The Kier molecular flexibility index (Phi) is 7.42. The highest BCUT2D eigenvalue weighted by Gasteiger charge is 2.35. The summed E-state index contributed by atoms with van der Waals surface area (Å²) in [5, 5.41) is 25.0. The van der Waals surface area contributed by atoms with Gasteiger partial charge in [0, 0.05) is 29.8 Å². The number of benzene rings is 2. The van der Waals surface area contributed by atoms with Crippen molar-refractivity contribution >= 4 is 29.4 Å². The van der Waals surface area contributed by atoms with E-state index < -0.39 is 60.2 Å². The molecule has 0 saturated carbocycles. The number of rotatable bonds is 10. The third-order valence-corrected chi connectivity index (χ3v) is 6.50. The molecule has 2 aromatic carbocycles. The van der Waals surface area contributed by atoms with E-state index in [0.29, 0.717) is 22.4 Å². The zero-order valence-corrected chi connectivity index (χ0v) is 22.1. The lowest BCUT2D eigenvalue weighted by molar-refractivity contribution is -0.126. The van der Waals surface area contributed by atoms with Crippen LogP contribution < -0.4 is 15.4 Å². The Morgan fingerprint density at radius 1 is 1.28 bits per heavy atom. The number of aliphatic hydroxyl groups excluding tert-OH is 2. The summed E-state index contributed by atoms with van der Waals surface area (Å²) in [5.41, 5.74) is 1.53. The first-order valence-electron chi connectivity index (χ1n) is 13.5. The van der Waals surface area contributed by atoms with Gasteiger partial charge in [0.1, 0.15) is 17.6 Å². The maximum Gasteiger partial charge on any atom is 0.255 e. The van der Waals surface area contributed by atoms with E-state index in [1.54, 1.807) is 25.1 Å². The van der Waals surface area contributed by atoms with Gasteiger partial charge in [-0.25, -0.2) is 14.4 Å². The number of anilines is 1. The zero-order chi connectivity index (χ0) is 30.9. The molecule has 0 unspecified atom stereocenters. The molecule has 4 N–H and O–H groups in total. The van der Waals surface area contributed by atoms with Gasteiger partial charge in [0.05, 0.1) is 47.4 Å². The minimum Gasteiger partial charge on any atom is -0.497 e. The molecule has 206 valence electrons. The second-order valence-corrected chi connectivity index (χ2v) is 9.39. The second kappa shape index (κ2) is 11.9.